The van der Waals surface area contributed by atoms with Crippen molar-refractivity contribution >= 4 is 17.0 Å². The summed E-state index contributed by atoms with van der Waals surface area (Å²) in [6, 6.07) is 6.37. The zero-order valence-electron chi connectivity index (χ0n) is 9.27. The van der Waals surface area contributed by atoms with Gasteiger partial charge in [-0.05, 0) is 30.0 Å². The Kier molecular flexibility index (Phi) is 2.10. The molecule has 0 atom stereocenters. The molecule has 0 saturated carbocycles. The first-order valence-corrected chi connectivity index (χ1v) is 5.56. The molecular formula is C15H13N. The lowest BCUT2D eigenvalue weighted by Crippen LogP contribution is -1.92. The zero-order valence-corrected chi connectivity index (χ0v) is 9.27. The van der Waals surface area contributed by atoms with E-state index < -0.39 is 0 Å². The van der Waals surface area contributed by atoms with Crippen LogP contribution in [0.25, 0.3) is 17.0 Å². The van der Waals surface area contributed by atoms with Crippen LogP contribution in [0.3, 0.4) is 0 Å². The lowest BCUT2D eigenvalue weighted by molar-refractivity contribution is 1.21. The SMILES string of the molecule is Cc1cccc2c3c(cnc12)CC=CC=C3. The Morgan fingerprint density at radius 3 is 3.06 bits per heavy atom. The Labute approximate surface area is 95.1 Å². The average molecular weight is 207 g/mol. The summed E-state index contributed by atoms with van der Waals surface area (Å²) in [7, 11) is 0. The predicted molar refractivity (Wildman–Crippen MR) is 68.4 cm³/mol. The highest BCUT2D eigenvalue weighted by Crippen LogP contribution is 2.25. The van der Waals surface area contributed by atoms with Gasteiger partial charge in [0.25, 0.3) is 0 Å². The van der Waals surface area contributed by atoms with Crippen molar-refractivity contribution in [2.75, 3.05) is 0 Å². The maximum Gasteiger partial charge on any atom is 0.0737 e. The number of aryl methyl sites for hydroxylation is 1. The van der Waals surface area contributed by atoms with E-state index in [-0.39, 0.29) is 0 Å². The molecule has 1 aromatic heterocycles. The molecule has 0 fully saturated rings. The molecule has 0 unspecified atom stereocenters. The standard InChI is InChI=1S/C15H13N/c1-11-6-5-9-14-13-8-4-2-3-7-12(13)10-16-15(11)14/h2-6,8-10H,7H2,1H3. The first-order chi connectivity index (χ1) is 7.86. The molecule has 78 valence electrons. The Hall–Kier alpha value is -1.89. The van der Waals surface area contributed by atoms with Crippen molar-refractivity contribution < 1.29 is 0 Å². The lowest BCUT2D eigenvalue weighted by Gasteiger charge is -2.08. The molecule has 0 spiro atoms. The molecular weight excluding hydrogens is 194 g/mol. The van der Waals surface area contributed by atoms with E-state index in [0.717, 1.165) is 11.9 Å². The number of benzene rings is 1. The van der Waals surface area contributed by atoms with E-state index >= 15 is 0 Å². The molecule has 1 aliphatic rings. The monoisotopic (exact) mass is 207 g/mol. The van der Waals surface area contributed by atoms with E-state index in [1.54, 1.807) is 0 Å². The zero-order chi connectivity index (χ0) is 11.0. The second kappa shape index (κ2) is 3.60. The fourth-order valence-corrected chi connectivity index (χ4v) is 2.22. The van der Waals surface area contributed by atoms with Crippen LogP contribution < -0.4 is 0 Å². The van der Waals surface area contributed by atoms with Crippen molar-refractivity contribution in [2.45, 2.75) is 13.3 Å². The van der Waals surface area contributed by atoms with Crippen molar-refractivity contribution in [2.24, 2.45) is 0 Å². The van der Waals surface area contributed by atoms with Crippen molar-refractivity contribution in [3.8, 4) is 0 Å². The molecule has 0 N–H and O–H groups in total. The maximum absolute atomic E-state index is 4.57. The number of rotatable bonds is 0. The van der Waals surface area contributed by atoms with E-state index in [1.165, 1.54) is 22.1 Å². The largest absolute Gasteiger partial charge is 0.256 e. The summed E-state index contributed by atoms with van der Waals surface area (Å²) in [6.07, 6.45) is 11.5. The normalized spacial score (nSPS) is 13.8. The number of hydrogen-bond acceptors (Lipinski definition) is 1. The topological polar surface area (TPSA) is 12.9 Å². The molecule has 3 rings (SSSR count). The average Bonchev–Trinajstić information content (AvgIpc) is 2.54. The Morgan fingerprint density at radius 2 is 2.12 bits per heavy atom. The first-order valence-electron chi connectivity index (χ1n) is 5.56. The van der Waals surface area contributed by atoms with Gasteiger partial charge in [-0.15, -0.1) is 0 Å². The summed E-state index contributed by atoms with van der Waals surface area (Å²) in [6.45, 7) is 2.11. The molecule has 1 aliphatic carbocycles. The molecule has 0 radical (unpaired) electrons. The van der Waals surface area contributed by atoms with Gasteiger partial charge in [0, 0.05) is 11.6 Å². The Balaban J connectivity index is 2.40. The molecule has 0 saturated heterocycles. The fourth-order valence-electron chi connectivity index (χ4n) is 2.22. The number of nitrogens with zero attached hydrogens (tertiary/aromatic N) is 1. The van der Waals surface area contributed by atoms with Gasteiger partial charge in [-0.25, -0.2) is 0 Å². The van der Waals surface area contributed by atoms with E-state index in [0.29, 0.717) is 0 Å². The quantitative estimate of drug-likeness (QED) is 0.642. The summed E-state index contributed by atoms with van der Waals surface area (Å²) >= 11 is 0. The number of para-hydroxylation sites is 1. The van der Waals surface area contributed by atoms with Gasteiger partial charge >= 0.3 is 0 Å². The summed E-state index contributed by atoms with van der Waals surface area (Å²) in [5.41, 5.74) is 4.99. The highest BCUT2D eigenvalue weighted by Gasteiger charge is 2.07. The molecule has 1 heteroatoms. The van der Waals surface area contributed by atoms with Gasteiger partial charge in [-0.1, -0.05) is 42.5 Å². The minimum absolute atomic E-state index is 0.971. The molecule has 0 amide bonds. The molecule has 1 heterocycles. The van der Waals surface area contributed by atoms with Gasteiger partial charge in [-0.2, -0.15) is 0 Å². The van der Waals surface area contributed by atoms with Gasteiger partial charge in [0.15, 0.2) is 0 Å². The van der Waals surface area contributed by atoms with E-state index in [1.807, 2.05) is 6.20 Å². The highest BCUT2D eigenvalue weighted by molar-refractivity contribution is 5.91. The first kappa shape index (κ1) is 9.34. The van der Waals surface area contributed by atoms with Gasteiger partial charge < -0.3 is 0 Å². The van der Waals surface area contributed by atoms with Gasteiger partial charge in [-0.3, -0.25) is 4.98 Å². The van der Waals surface area contributed by atoms with Gasteiger partial charge in [0.05, 0.1) is 5.52 Å². The summed E-state index contributed by atoms with van der Waals surface area (Å²) in [5.74, 6) is 0. The third kappa shape index (κ3) is 1.36. The van der Waals surface area contributed by atoms with Crippen LogP contribution in [-0.2, 0) is 6.42 Å². The van der Waals surface area contributed by atoms with Crippen molar-refractivity contribution in [3.63, 3.8) is 0 Å². The molecule has 0 aliphatic heterocycles. The Morgan fingerprint density at radius 1 is 1.19 bits per heavy atom. The van der Waals surface area contributed by atoms with E-state index in [2.05, 4.69) is 54.4 Å². The van der Waals surface area contributed by atoms with Crippen molar-refractivity contribution in [3.05, 3.63) is 59.3 Å². The molecule has 0 bridgehead atoms. The van der Waals surface area contributed by atoms with Crippen LogP contribution in [0.15, 0.2) is 42.6 Å². The second-order valence-corrected chi connectivity index (χ2v) is 4.16. The summed E-state index contributed by atoms with van der Waals surface area (Å²) < 4.78 is 0. The second-order valence-electron chi connectivity index (χ2n) is 4.16. The third-order valence-corrected chi connectivity index (χ3v) is 3.07. The van der Waals surface area contributed by atoms with Gasteiger partial charge in [0.2, 0.25) is 0 Å². The van der Waals surface area contributed by atoms with E-state index in [9.17, 15) is 0 Å². The number of fused-ring (bicyclic) bond motifs is 3. The lowest BCUT2D eigenvalue weighted by atomic mass is 10.0. The van der Waals surface area contributed by atoms with Crippen LogP contribution in [0.1, 0.15) is 16.7 Å². The van der Waals surface area contributed by atoms with Crippen molar-refractivity contribution in [1.82, 2.24) is 4.98 Å². The number of allylic oxidation sites excluding steroid dienone is 3. The van der Waals surface area contributed by atoms with Crippen LogP contribution in [0.2, 0.25) is 0 Å². The smallest absolute Gasteiger partial charge is 0.0737 e. The van der Waals surface area contributed by atoms with Crippen LogP contribution in [-0.4, -0.2) is 4.98 Å². The molecule has 1 nitrogen and oxygen atoms in total. The number of aromatic nitrogens is 1. The minimum atomic E-state index is 0.971. The highest BCUT2D eigenvalue weighted by atomic mass is 14.7. The Bertz CT molecular complexity index is 606. The number of pyridine rings is 1. The summed E-state index contributed by atoms with van der Waals surface area (Å²) in [4.78, 5) is 4.57. The van der Waals surface area contributed by atoms with Gasteiger partial charge in [0.1, 0.15) is 0 Å². The maximum atomic E-state index is 4.57. The van der Waals surface area contributed by atoms with Crippen LogP contribution in [0, 0.1) is 6.92 Å². The molecule has 2 aromatic rings. The minimum Gasteiger partial charge on any atom is -0.256 e. The predicted octanol–water partition coefficient (Wildman–Crippen LogP) is 3.67. The molecule has 1 aromatic carbocycles. The molecule has 16 heavy (non-hydrogen) atoms. The van der Waals surface area contributed by atoms with Crippen molar-refractivity contribution in [1.29, 1.82) is 0 Å². The summed E-state index contributed by atoms with van der Waals surface area (Å²) in [5, 5.41) is 1.26. The third-order valence-electron chi connectivity index (χ3n) is 3.07. The van der Waals surface area contributed by atoms with Crippen LogP contribution >= 0.6 is 0 Å². The van der Waals surface area contributed by atoms with Crippen LogP contribution in [0.5, 0.6) is 0 Å². The number of hydrogen-bond donors (Lipinski definition) is 0. The van der Waals surface area contributed by atoms with E-state index in [4.69, 9.17) is 0 Å². The fraction of sp³-hybridized carbons (Fsp3) is 0.133. The van der Waals surface area contributed by atoms with Crippen LogP contribution in [0.4, 0.5) is 0 Å².